The average molecular weight is 241 g/mol. The molecule has 0 amide bonds. The van der Waals surface area contributed by atoms with Crippen LogP contribution in [-0.4, -0.2) is 26.0 Å². The quantitative estimate of drug-likeness (QED) is 0.452. The number of halogens is 1. The molecule has 3 heteroatoms. The molecule has 0 radical (unpaired) electrons. The van der Waals surface area contributed by atoms with Crippen LogP contribution in [0.5, 0.6) is 0 Å². The van der Waals surface area contributed by atoms with Crippen molar-refractivity contribution < 1.29 is 12.8 Å². The van der Waals surface area contributed by atoms with E-state index in [1.807, 2.05) is 46.4 Å². The molecule has 0 aliphatic rings. The molecule has 0 rings (SSSR count). The third kappa shape index (κ3) is 63.1. The van der Waals surface area contributed by atoms with Crippen LogP contribution in [-0.2, 0) is 12.8 Å². The van der Waals surface area contributed by atoms with Crippen LogP contribution in [0.4, 0.5) is 0 Å². The van der Waals surface area contributed by atoms with Gasteiger partial charge in [0.1, 0.15) is 0 Å². The van der Waals surface area contributed by atoms with Crippen molar-refractivity contribution in [2.24, 2.45) is 0 Å². The molecule has 40 valence electrons. The Morgan fingerprint density at radius 2 is 1.17 bits per heavy atom. The van der Waals surface area contributed by atoms with Crippen LogP contribution in [0.25, 0.3) is 0 Å². The number of hydrogen-bond acceptors (Lipinski definition) is 1. The first-order valence-electron chi connectivity index (χ1n) is 1.48. The molecule has 0 N–H and O–H groups in total. The molecule has 0 aliphatic carbocycles. The molecule has 0 saturated carbocycles. The van der Waals surface area contributed by atoms with E-state index in [0.717, 1.165) is 0 Å². The van der Waals surface area contributed by atoms with Gasteiger partial charge in [0.15, 0.2) is 0 Å². The van der Waals surface area contributed by atoms with E-state index >= 15 is 0 Å². The van der Waals surface area contributed by atoms with Crippen LogP contribution in [0.1, 0.15) is 0 Å². The fourth-order valence-corrected chi connectivity index (χ4v) is 0. The number of rotatable bonds is 0. The van der Waals surface area contributed by atoms with Gasteiger partial charge in [-0.15, -0.1) is 0 Å². The second-order valence-corrected chi connectivity index (χ2v) is 1.34. The maximum absolute atomic E-state index is 2.91. The maximum atomic E-state index is 2.91. The summed E-state index contributed by atoms with van der Waals surface area (Å²) in [4.78, 5) is 2.00. The van der Waals surface area contributed by atoms with Crippen molar-refractivity contribution in [3.63, 3.8) is 0 Å². The summed E-state index contributed by atoms with van der Waals surface area (Å²) in [6.45, 7) is 0. The predicted molar refractivity (Wildman–Crippen MR) is 33.6 cm³/mol. The van der Waals surface area contributed by atoms with Gasteiger partial charge in [-0.05, 0) is 21.1 Å². The van der Waals surface area contributed by atoms with Gasteiger partial charge in [0.2, 0.25) is 0 Å². The first-order chi connectivity index (χ1) is 2.73. The Balaban J connectivity index is 0. The second-order valence-electron chi connectivity index (χ2n) is 1.34. The summed E-state index contributed by atoms with van der Waals surface area (Å²) in [6.07, 6.45) is 0. The molecule has 1 nitrogen and oxygen atoms in total. The fraction of sp³-hybridized carbons (Fsp3) is 1.00. The van der Waals surface area contributed by atoms with Crippen molar-refractivity contribution in [1.29, 1.82) is 0 Å². The Hall–Kier alpha value is 1.21. The summed E-state index contributed by atoms with van der Waals surface area (Å²) >= 11 is 4.87. The van der Waals surface area contributed by atoms with Crippen LogP contribution >= 0.6 is 20.3 Å². The molecule has 0 spiro atoms. The standard InChI is InChI=1S/C3H9N.HI.Mn/c1-4(2)3;;/h1-3H3;1H;/q;;+1/p-1. The first-order valence-corrected chi connectivity index (χ1v) is 5.29. The van der Waals surface area contributed by atoms with Crippen molar-refractivity contribution in [2.45, 2.75) is 0 Å². The van der Waals surface area contributed by atoms with Crippen LogP contribution in [0, 0.1) is 0 Å². The van der Waals surface area contributed by atoms with Crippen LogP contribution in [0.2, 0.25) is 0 Å². The van der Waals surface area contributed by atoms with Gasteiger partial charge in [-0.25, -0.2) is 0 Å². The third-order valence-electron chi connectivity index (χ3n) is 0. The van der Waals surface area contributed by atoms with Crippen LogP contribution in [0.3, 0.4) is 0 Å². The molecule has 0 fully saturated rings. The molecular weight excluding hydrogens is 232 g/mol. The Bertz CT molecular complexity index is 15.5. The molecule has 0 aromatic rings. The molecule has 0 atom stereocenters. The first kappa shape index (κ1) is 10.2. The summed E-state index contributed by atoms with van der Waals surface area (Å²) in [5.74, 6) is 0. The molecule has 0 saturated heterocycles. The topological polar surface area (TPSA) is 3.24 Å². The zero-order chi connectivity index (χ0) is 5.58. The molecule has 6 heavy (non-hydrogen) atoms. The van der Waals surface area contributed by atoms with E-state index < -0.39 is 0 Å². The van der Waals surface area contributed by atoms with Gasteiger partial charge >= 0.3 is 33.1 Å². The number of hydrogen-bond donors (Lipinski definition) is 0. The molecule has 0 unspecified atom stereocenters. The second kappa shape index (κ2) is 9.51. The Morgan fingerprint density at radius 3 is 1.17 bits per heavy atom. The minimum atomic E-state index is 1.96. The van der Waals surface area contributed by atoms with E-state index in [2.05, 4.69) is 12.8 Å². The molecule has 0 bridgehead atoms. The van der Waals surface area contributed by atoms with Crippen molar-refractivity contribution in [3.05, 3.63) is 0 Å². The fourth-order valence-electron chi connectivity index (χ4n) is 0. The summed E-state index contributed by atoms with van der Waals surface area (Å²) in [5.41, 5.74) is 0. The van der Waals surface area contributed by atoms with Gasteiger partial charge < -0.3 is 4.90 Å². The van der Waals surface area contributed by atoms with Gasteiger partial charge in [-0.3, -0.25) is 0 Å². The minimum absolute atomic E-state index is 1.96. The van der Waals surface area contributed by atoms with Crippen LogP contribution < -0.4 is 0 Å². The van der Waals surface area contributed by atoms with E-state index in [-0.39, 0.29) is 0 Å². The molecular formula is C3H9IMnN. The van der Waals surface area contributed by atoms with E-state index in [9.17, 15) is 0 Å². The molecule has 0 aromatic heterocycles. The average Bonchev–Trinajstić information content (AvgIpc) is 1.41. The SMILES string of the molecule is CN(C)C.[Mn][I]. The normalized spacial score (nSPS) is 7.00. The van der Waals surface area contributed by atoms with Crippen molar-refractivity contribution in [3.8, 4) is 0 Å². The predicted octanol–water partition coefficient (Wildman–Crippen LogP) is 1.06. The van der Waals surface area contributed by atoms with Crippen molar-refractivity contribution >= 4 is 20.3 Å². The Morgan fingerprint density at radius 1 is 1.17 bits per heavy atom. The third-order valence-corrected chi connectivity index (χ3v) is 0. The van der Waals surface area contributed by atoms with E-state index in [4.69, 9.17) is 0 Å². The summed E-state index contributed by atoms with van der Waals surface area (Å²) in [6, 6.07) is 0. The monoisotopic (exact) mass is 241 g/mol. The summed E-state index contributed by atoms with van der Waals surface area (Å²) in [7, 11) is 6.00. The van der Waals surface area contributed by atoms with Gasteiger partial charge in [0.25, 0.3) is 0 Å². The Labute approximate surface area is 59.0 Å². The summed E-state index contributed by atoms with van der Waals surface area (Å²) < 4.78 is 0. The van der Waals surface area contributed by atoms with Gasteiger partial charge in [-0.2, -0.15) is 0 Å². The van der Waals surface area contributed by atoms with Crippen molar-refractivity contribution in [2.75, 3.05) is 21.1 Å². The molecule has 0 aliphatic heterocycles. The van der Waals surface area contributed by atoms with Gasteiger partial charge in [0, 0.05) is 0 Å². The van der Waals surface area contributed by atoms with E-state index in [1.165, 1.54) is 0 Å². The molecule has 0 aromatic carbocycles. The van der Waals surface area contributed by atoms with Crippen LogP contribution in [0.15, 0.2) is 0 Å². The zero-order valence-electron chi connectivity index (χ0n) is 4.20. The zero-order valence-corrected chi connectivity index (χ0v) is 7.54. The van der Waals surface area contributed by atoms with E-state index in [0.29, 0.717) is 0 Å². The molecule has 0 heterocycles. The van der Waals surface area contributed by atoms with Crippen molar-refractivity contribution in [1.82, 2.24) is 4.90 Å². The van der Waals surface area contributed by atoms with E-state index in [1.54, 1.807) is 0 Å². The summed E-state index contributed by atoms with van der Waals surface area (Å²) in [5, 5.41) is 0. The van der Waals surface area contributed by atoms with Gasteiger partial charge in [-0.1, -0.05) is 0 Å². The number of nitrogens with zero attached hydrogens (tertiary/aromatic N) is 1. The Kier molecular flexibility index (Phi) is 16.2. The van der Waals surface area contributed by atoms with Gasteiger partial charge in [0.05, 0.1) is 0 Å².